The Morgan fingerprint density at radius 1 is 1.13 bits per heavy atom. The van der Waals surface area contributed by atoms with Gasteiger partial charge in [0, 0.05) is 43.3 Å². The molecule has 2 amide bonds. The summed E-state index contributed by atoms with van der Waals surface area (Å²) in [7, 11) is 0. The topological polar surface area (TPSA) is 61.9 Å². The van der Waals surface area contributed by atoms with Crippen LogP contribution in [-0.2, 0) is 4.79 Å². The number of nitrogens with zero attached hydrogens (tertiary/aromatic N) is 2. The van der Waals surface area contributed by atoms with Crippen LogP contribution in [0.1, 0.15) is 31.1 Å². The Hall–Kier alpha value is -2.25. The van der Waals surface area contributed by atoms with Gasteiger partial charge in [-0.05, 0) is 59.3 Å². The Kier molecular flexibility index (Phi) is 7.84. The first kappa shape index (κ1) is 23.4. The van der Waals surface area contributed by atoms with Crippen molar-refractivity contribution in [3.8, 4) is 5.75 Å². The zero-order chi connectivity index (χ0) is 22.5. The molecule has 0 bridgehead atoms. The minimum atomic E-state index is -0.228. The normalized spacial score (nSPS) is 14.0. The lowest BCUT2D eigenvalue weighted by atomic mass is 10.1. The average molecular weight is 509 g/mol. The van der Waals surface area contributed by atoms with Gasteiger partial charge in [-0.3, -0.25) is 9.59 Å². The van der Waals surface area contributed by atoms with Gasteiger partial charge < -0.3 is 19.9 Å². The Labute approximate surface area is 196 Å². The molecule has 0 atom stereocenters. The van der Waals surface area contributed by atoms with Gasteiger partial charge in [0.05, 0.1) is 21.8 Å². The SMILES string of the molecule is CCOc1ccc(C(=O)Nc2ccc(N3CCN(C(=O)C(C)C)CC3)c(Cl)c2)cc1Br. The van der Waals surface area contributed by atoms with E-state index in [4.69, 9.17) is 16.3 Å². The largest absolute Gasteiger partial charge is 0.493 e. The Balaban J connectivity index is 1.64. The van der Waals surface area contributed by atoms with Crippen LogP contribution < -0.4 is 15.0 Å². The van der Waals surface area contributed by atoms with E-state index < -0.39 is 0 Å². The van der Waals surface area contributed by atoms with Crippen molar-refractivity contribution in [1.82, 2.24) is 4.90 Å². The fourth-order valence-electron chi connectivity index (χ4n) is 3.49. The zero-order valence-electron chi connectivity index (χ0n) is 18.0. The van der Waals surface area contributed by atoms with Gasteiger partial charge in [-0.1, -0.05) is 25.4 Å². The van der Waals surface area contributed by atoms with Crippen LogP contribution in [-0.4, -0.2) is 49.5 Å². The van der Waals surface area contributed by atoms with E-state index in [0.717, 1.165) is 23.2 Å². The van der Waals surface area contributed by atoms with Crippen molar-refractivity contribution in [2.24, 2.45) is 5.92 Å². The number of halogens is 2. The predicted molar refractivity (Wildman–Crippen MR) is 128 cm³/mol. The first-order valence-corrected chi connectivity index (χ1v) is 11.5. The molecular formula is C23H27BrClN3O3. The summed E-state index contributed by atoms with van der Waals surface area (Å²) in [5.41, 5.74) is 2.04. The molecule has 1 heterocycles. The molecule has 6 nitrogen and oxygen atoms in total. The molecular weight excluding hydrogens is 482 g/mol. The van der Waals surface area contributed by atoms with Crippen LogP contribution in [0.15, 0.2) is 40.9 Å². The van der Waals surface area contributed by atoms with Crippen molar-refractivity contribution < 1.29 is 14.3 Å². The highest BCUT2D eigenvalue weighted by atomic mass is 79.9. The van der Waals surface area contributed by atoms with Gasteiger partial charge in [-0.2, -0.15) is 0 Å². The summed E-state index contributed by atoms with van der Waals surface area (Å²) in [5.74, 6) is 0.661. The van der Waals surface area contributed by atoms with Crippen LogP contribution in [0.2, 0.25) is 5.02 Å². The number of carbonyl (C=O) groups excluding carboxylic acids is 2. The number of carbonyl (C=O) groups is 2. The van der Waals surface area contributed by atoms with Crippen molar-refractivity contribution in [2.75, 3.05) is 43.0 Å². The lowest BCUT2D eigenvalue weighted by molar-refractivity contribution is -0.134. The van der Waals surface area contributed by atoms with Crippen LogP contribution in [0, 0.1) is 5.92 Å². The second-order valence-corrected chi connectivity index (χ2v) is 8.93. The standard InChI is InChI=1S/C23H27BrClN3O3/c1-4-31-21-8-5-16(13-18(21)24)22(29)26-17-6-7-20(19(25)14-17)27-9-11-28(12-10-27)23(30)15(2)3/h5-8,13-15H,4,9-12H2,1-3H3,(H,26,29). The van der Waals surface area contributed by atoms with E-state index in [0.29, 0.717) is 41.7 Å². The molecule has 0 unspecified atom stereocenters. The monoisotopic (exact) mass is 507 g/mol. The van der Waals surface area contributed by atoms with Gasteiger partial charge in [-0.15, -0.1) is 0 Å². The number of hydrogen-bond donors (Lipinski definition) is 1. The fraction of sp³-hybridized carbons (Fsp3) is 0.391. The Morgan fingerprint density at radius 2 is 1.84 bits per heavy atom. The molecule has 1 saturated heterocycles. The summed E-state index contributed by atoms with van der Waals surface area (Å²) in [5, 5.41) is 3.45. The van der Waals surface area contributed by atoms with E-state index in [9.17, 15) is 9.59 Å². The molecule has 3 rings (SSSR count). The van der Waals surface area contributed by atoms with Crippen molar-refractivity contribution in [1.29, 1.82) is 0 Å². The van der Waals surface area contributed by atoms with Crippen molar-refractivity contribution >= 4 is 50.7 Å². The maximum Gasteiger partial charge on any atom is 0.255 e. The van der Waals surface area contributed by atoms with E-state index in [-0.39, 0.29) is 17.7 Å². The van der Waals surface area contributed by atoms with E-state index in [1.54, 1.807) is 24.3 Å². The highest BCUT2D eigenvalue weighted by Gasteiger charge is 2.24. The summed E-state index contributed by atoms with van der Waals surface area (Å²) in [6.07, 6.45) is 0. The number of hydrogen-bond acceptors (Lipinski definition) is 4. The third kappa shape index (κ3) is 5.71. The van der Waals surface area contributed by atoms with Crippen molar-refractivity contribution in [3.05, 3.63) is 51.5 Å². The minimum Gasteiger partial charge on any atom is -0.493 e. The summed E-state index contributed by atoms with van der Waals surface area (Å²) in [6, 6.07) is 10.7. The molecule has 8 heteroatoms. The minimum absolute atomic E-state index is 0.00836. The van der Waals surface area contributed by atoms with Crippen molar-refractivity contribution in [3.63, 3.8) is 0 Å². The zero-order valence-corrected chi connectivity index (χ0v) is 20.3. The molecule has 1 N–H and O–H groups in total. The van der Waals surface area contributed by atoms with E-state index in [1.807, 2.05) is 37.8 Å². The molecule has 0 radical (unpaired) electrons. The molecule has 0 spiro atoms. The lowest BCUT2D eigenvalue weighted by Crippen LogP contribution is -2.50. The van der Waals surface area contributed by atoms with Crippen LogP contribution in [0.4, 0.5) is 11.4 Å². The summed E-state index contributed by atoms with van der Waals surface area (Å²) in [6.45, 7) is 9.12. The summed E-state index contributed by atoms with van der Waals surface area (Å²) < 4.78 is 6.21. The van der Waals surface area contributed by atoms with E-state index in [1.165, 1.54) is 0 Å². The third-order valence-corrected chi connectivity index (χ3v) is 6.05. The number of rotatable bonds is 6. The molecule has 2 aromatic carbocycles. The Morgan fingerprint density at radius 3 is 2.42 bits per heavy atom. The van der Waals surface area contributed by atoms with Crippen molar-refractivity contribution in [2.45, 2.75) is 20.8 Å². The Bertz CT molecular complexity index is 959. The maximum atomic E-state index is 12.6. The molecule has 166 valence electrons. The summed E-state index contributed by atoms with van der Waals surface area (Å²) >= 11 is 9.96. The summed E-state index contributed by atoms with van der Waals surface area (Å²) in [4.78, 5) is 28.9. The number of amides is 2. The maximum absolute atomic E-state index is 12.6. The smallest absolute Gasteiger partial charge is 0.255 e. The molecule has 1 aliphatic rings. The van der Waals surface area contributed by atoms with Gasteiger partial charge in [0.15, 0.2) is 0 Å². The predicted octanol–water partition coefficient (Wildman–Crippen LogP) is 5.06. The molecule has 0 aliphatic carbocycles. The lowest BCUT2D eigenvalue weighted by Gasteiger charge is -2.37. The van der Waals surface area contributed by atoms with E-state index >= 15 is 0 Å². The van der Waals surface area contributed by atoms with Crippen LogP contribution >= 0.6 is 27.5 Å². The first-order chi connectivity index (χ1) is 14.8. The first-order valence-electron chi connectivity index (χ1n) is 10.4. The molecule has 2 aromatic rings. The van der Waals surface area contributed by atoms with Gasteiger partial charge in [0.1, 0.15) is 5.75 Å². The number of benzene rings is 2. The van der Waals surface area contributed by atoms with Gasteiger partial charge in [0.2, 0.25) is 5.91 Å². The van der Waals surface area contributed by atoms with Gasteiger partial charge in [-0.25, -0.2) is 0 Å². The third-order valence-electron chi connectivity index (χ3n) is 5.13. The van der Waals surface area contributed by atoms with Crippen LogP contribution in [0.5, 0.6) is 5.75 Å². The molecule has 1 aliphatic heterocycles. The fourth-order valence-corrected chi connectivity index (χ4v) is 4.29. The van der Waals surface area contributed by atoms with Crippen LogP contribution in [0.25, 0.3) is 0 Å². The highest BCUT2D eigenvalue weighted by Crippen LogP contribution is 2.31. The number of nitrogens with one attached hydrogen (secondary N) is 1. The molecule has 31 heavy (non-hydrogen) atoms. The average Bonchev–Trinajstić information content (AvgIpc) is 2.75. The number of anilines is 2. The molecule has 1 fully saturated rings. The quantitative estimate of drug-likeness (QED) is 0.593. The molecule has 0 aromatic heterocycles. The van der Waals surface area contributed by atoms with Gasteiger partial charge in [0.25, 0.3) is 5.91 Å². The number of ether oxygens (including phenoxy) is 1. The highest BCUT2D eigenvalue weighted by molar-refractivity contribution is 9.10. The van der Waals surface area contributed by atoms with E-state index in [2.05, 4.69) is 26.1 Å². The second kappa shape index (κ2) is 10.4. The van der Waals surface area contributed by atoms with Crippen LogP contribution in [0.3, 0.4) is 0 Å². The second-order valence-electron chi connectivity index (χ2n) is 7.67. The molecule has 0 saturated carbocycles. The number of piperazine rings is 1. The van der Waals surface area contributed by atoms with Gasteiger partial charge >= 0.3 is 0 Å².